The highest BCUT2D eigenvalue weighted by atomic mass is 32.2. The summed E-state index contributed by atoms with van der Waals surface area (Å²) < 4.78 is 6.90. The summed E-state index contributed by atoms with van der Waals surface area (Å²) in [5.74, 6) is 2.18. The zero-order valence-electron chi connectivity index (χ0n) is 15.4. The van der Waals surface area contributed by atoms with E-state index in [0.717, 1.165) is 36.9 Å². The Balaban J connectivity index is 1.53. The van der Waals surface area contributed by atoms with E-state index in [0.29, 0.717) is 5.75 Å². The van der Waals surface area contributed by atoms with Gasteiger partial charge in [-0.1, -0.05) is 64.7 Å². The molecule has 1 heterocycles. The first-order valence-electron chi connectivity index (χ1n) is 8.37. The highest BCUT2D eigenvalue weighted by Crippen LogP contribution is 2.31. The maximum atomic E-state index is 12.5. The van der Waals surface area contributed by atoms with Gasteiger partial charge in [-0.3, -0.25) is 4.79 Å². The molecule has 140 valence electrons. The van der Waals surface area contributed by atoms with Crippen molar-refractivity contribution in [2.45, 2.75) is 28.3 Å². The number of Topliss-reactive ketones (excluding diaryl/α,β-unsaturated/α-hetero) is 1. The van der Waals surface area contributed by atoms with Crippen molar-refractivity contribution in [1.82, 2.24) is 10.2 Å². The van der Waals surface area contributed by atoms with E-state index in [9.17, 15) is 4.79 Å². The zero-order chi connectivity index (χ0) is 19.2. The van der Waals surface area contributed by atoms with E-state index in [-0.39, 0.29) is 5.78 Å². The van der Waals surface area contributed by atoms with Crippen molar-refractivity contribution in [2.75, 3.05) is 12.9 Å². The number of nitrogens with zero attached hydrogens (tertiary/aromatic N) is 2. The smallest absolute Gasteiger partial charge is 0.175 e. The molecule has 0 atom stereocenters. The van der Waals surface area contributed by atoms with Crippen molar-refractivity contribution in [3.8, 4) is 5.75 Å². The van der Waals surface area contributed by atoms with Gasteiger partial charge in [0.2, 0.25) is 0 Å². The fourth-order valence-electron chi connectivity index (χ4n) is 2.42. The number of rotatable bonds is 8. The number of ketones is 1. The lowest BCUT2D eigenvalue weighted by Gasteiger charge is -2.05. The first kappa shape index (κ1) is 19.9. The molecule has 0 N–H and O–H groups in total. The lowest BCUT2D eigenvalue weighted by Crippen LogP contribution is -2.05. The fraction of sp³-hybridized carbons (Fsp3) is 0.250. The molecule has 27 heavy (non-hydrogen) atoms. The minimum absolute atomic E-state index is 0.129. The molecule has 0 bridgehead atoms. The molecular weight excluding hydrogens is 396 g/mol. The molecule has 3 rings (SSSR count). The van der Waals surface area contributed by atoms with Crippen molar-refractivity contribution < 1.29 is 9.53 Å². The Labute approximate surface area is 171 Å². The Bertz CT molecular complexity index is 923. The minimum Gasteiger partial charge on any atom is -0.497 e. The Morgan fingerprint density at radius 2 is 1.74 bits per heavy atom. The van der Waals surface area contributed by atoms with E-state index in [1.54, 1.807) is 18.9 Å². The Morgan fingerprint density at radius 1 is 1.04 bits per heavy atom. The number of hydrogen-bond donors (Lipinski definition) is 0. The van der Waals surface area contributed by atoms with E-state index >= 15 is 0 Å². The van der Waals surface area contributed by atoms with Gasteiger partial charge in [-0.25, -0.2) is 0 Å². The van der Waals surface area contributed by atoms with Gasteiger partial charge in [0.1, 0.15) is 5.75 Å². The number of hydrogen-bond acceptors (Lipinski definition) is 7. The predicted molar refractivity (Wildman–Crippen MR) is 113 cm³/mol. The topological polar surface area (TPSA) is 52.1 Å². The summed E-state index contributed by atoms with van der Waals surface area (Å²) in [5, 5.41) is 8.42. The van der Waals surface area contributed by atoms with Crippen molar-refractivity contribution in [1.29, 1.82) is 0 Å². The van der Waals surface area contributed by atoms with E-state index < -0.39 is 0 Å². The van der Waals surface area contributed by atoms with Crippen LogP contribution >= 0.6 is 34.9 Å². The molecule has 0 aliphatic carbocycles. The van der Waals surface area contributed by atoms with Gasteiger partial charge in [-0.2, -0.15) is 0 Å². The Kier molecular flexibility index (Phi) is 6.93. The van der Waals surface area contributed by atoms with Gasteiger partial charge < -0.3 is 4.74 Å². The van der Waals surface area contributed by atoms with Crippen molar-refractivity contribution >= 4 is 40.6 Å². The fourth-order valence-corrected chi connectivity index (χ4v) is 5.28. The molecule has 0 radical (unpaired) electrons. The van der Waals surface area contributed by atoms with Crippen LogP contribution in [0.15, 0.2) is 51.1 Å². The second-order valence-corrected chi connectivity index (χ2v) is 9.42. The molecule has 0 saturated heterocycles. The molecule has 7 heteroatoms. The number of carbonyl (C=O) groups excluding carboxylic acids is 1. The number of ether oxygens (including phenoxy) is 1. The summed E-state index contributed by atoms with van der Waals surface area (Å²) >= 11 is 4.63. The van der Waals surface area contributed by atoms with E-state index in [2.05, 4.69) is 10.2 Å². The van der Waals surface area contributed by atoms with Gasteiger partial charge in [-0.05, 0) is 43.2 Å². The van der Waals surface area contributed by atoms with Crippen LogP contribution in [-0.2, 0) is 5.75 Å². The molecule has 0 aliphatic rings. The van der Waals surface area contributed by atoms with Crippen molar-refractivity contribution in [2.24, 2.45) is 0 Å². The second kappa shape index (κ2) is 9.39. The molecule has 0 aliphatic heterocycles. The summed E-state index contributed by atoms with van der Waals surface area (Å²) in [4.78, 5) is 12.5. The second-order valence-electron chi connectivity index (χ2n) is 6.00. The molecule has 0 spiro atoms. The van der Waals surface area contributed by atoms with Crippen LogP contribution in [0.4, 0.5) is 0 Å². The summed E-state index contributed by atoms with van der Waals surface area (Å²) in [6.07, 6.45) is 0. The molecule has 1 aromatic heterocycles. The van der Waals surface area contributed by atoms with Crippen molar-refractivity contribution in [3.63, 3.8) is 0 Å². The highest BCUT2D eigenvalue weighted by Gasteiger charge is 2.12. The van der Waals surface area contributed by atoms with Crippen LogP contribution in [0.2, 0.25) is 0 Å². The largest absolute Gasteiger partial charge is 0.497 e. The number of benzene rings is 2. The van der Waals surface area contributed by atoms with Crippen molar-refractivity contribution in [3.05, 3.63) is 64.7 Å². The Morgan fingerprint density at radius 3 is 2.44 bits per heavy atom. The maximum absolute atomic E-state index is 12.5. The summed E-state index contributed by atoms with van der Waals surface area (Å²) in [6.45, 7) is 3.97. The number of aromatic nitrogens is 2. The van der Waals surface area contributed by atoms with Crippen LogP contribution in [0.25, 0.3) is 0 Å². The van der Waals surface area contributed by atoms with Gasteiger partial charge in [0, 0.05) is 11.3 Å². The van der Waals surface area contributed by atoms with Gasteiger partial charge in [0.05, 0.1) is 12.9 Å². The molecule has 0 amide bonds. The SMILES string of the molecule is COc1ccc(CSc2nnc(SCC(=O)c3cc(C)ccc3C)s2)cc1. The average Bonchev–Trinajstić information content (AvgIpc) is 3.14. The van der Waals surface area contributed by atoms with Gasteiger partial charge >= 0.3 is 0 Å². The number of thioether (sulfide) groups is 2. The Hall–Kier alpha value is -1.83. The van der Waals surface area contributed by atoms with Gasteiger partial charge in [0.15, 0.2) is 14.5 Å². The molecule has 3 aromatic rings. The van der Waals surface area contributed by atoms with Crippen LogP contribution < -0.4 is 4.74 Å². The third kappa shape index (κ3) is 5.57. The highest BCUT2D eigenvalue weighted by molar-refractivity contribution is 8.03. The standard InChI is InChI=1S/C20H20N2O2S3/c1-13-4-5-14(2)17(10-13)18(23)12-26-20-22-21-19(27-20)25-11-15-6-8-16(24-3)9-7-15/h4-10H,11-12H2,1-3H3. The third-order valence-corrected chi connectivity index (χ3v) is 7.19. The number of carbonyl (C=O) groups is 1. The lowest BCUT2D eigenvalue weighted by molar-refractivity contribution is 0.102. The van der Waals surface area contributed by atoms with E-state index in [1.165, 1.54) is 28.7 Å². The summed E-state index contributed by atoms with van der Waals surface area (Å²) in [5.41, 5.74) is 4.11. The molecule has 0 unspecified atom stereocenters. The van der Waals surface area contributed by atoms with Crippen LogP contribution in [0.3, 0.4) is 0 Å². The first-order chi connectivity index (χ1) is 13.0. The number of methoxy groups -OCH3 is 1. The van der Waals surface area contributed by atoms with Gasteiger partial charge in [-0.15, -0.1) is 10.2 Å². The van der Waals surface area contributed by atoms with Crippen LogP contribution in [0.5, 0.6) is 5.75 Å². The quantitative estimate of drug-likeness (QED) is 0.360. The van der Waals surface area contributed by atoms with E-state index in [1.807, 2.05) is 56.3 Å². The maximum Gasteiger partial charge on any atom is 0.175 e. The molecule has 2 aromatic carbocycles. The minimum atomic E-state index is 0.129. The molecular formula is C20H20N2O2S3. The first-order valence-corrected chi connectivity index (χ1v) is 11.2. The molecule has 0 saturated carbocycles. The summed E-state index contributed by atoms with van der Waals surface area (Å²) in [6, 6.07) is 14.0. The van der Waals surface area contributed by atoms with Gasteiger partial charge in [0.25, 0.3) is 0 Å². The lowest BCUT2D eigenvalue weighted by atomic mass is 10.0. The zero-order valence-corrected chi connectivity index (χ0v) is 17.8. The molecule has 0 fully saturated rings. The monoisotopic (exact) mass is 416 g/mol. The third-order valence-electron chi connectivity index (χ3n) is 3.93. The van der Waals surface area contributed by atoms with Crippen LogP contribution in [0.1, 0.15) is 27.0 Å². The van der Waals surface area contributed by atoms with E-state index in [4.69, 9.17) is 4.74 Å². The summed E-state index contributed by atoms with van der Waals surface area (Å²) in [7, 11) is 1.66. The van der Waals surface area contributed by atoms with Crippen LogP contribution in [-0.4, -0.2) is 28.8 Å². The predicted octanol–water partition coefficient (Wildman–Crippen LogP) is 5.43. The normalized spacial score (nSPS) is 10.8. The van der Waals surface area contributed by atoms with Crippen LogP contribution in [0, 0.1) is 13.8 Å². The number of aryl methyl sites for hydroxylation is 2. The average molecular weight is 417 g/mol. The molecule has 4 nitrogen and oxygen atoms in total.